The predicted octanol–water partition coefficient (Wildman–Crippen LogP) is 1.95. The number of anilines is 1. The number of esters is 1. The summed E-state index contributed by atoms with van der Waals surface area (Å²) < 4.78 is 6.72. The lowest BCUT2D eigenvalue weighted by Crippen LogP contribution is -2.12. The number of nitrogens with two attached hydrogens (primary N) is 1. The van der Waals surface area contributed by atoms with Gasteiger partial charge in [-0.1, -0.05) is 13.0 Å². The fourth-order valence-electron chi connectivity index (χ4n) is 1.65. The molecule has 0 amide bonds. The fourth-order valence-corrected chi connectivity index (χ4v) is 1.65. The number of hydrogen-bond donors (Lipinski definition) is 1. The first kappa shape index (κ1) is 13.3. The molecule has 0 spiro atoms. The maximum atomic E-state index is 11.7. The Balaban J connectivity index is 3.22. The monoisotopic (exact) mass is 237 g/mol. The van der Waals surface area contributed by atoms with Gasteiger partial charge in [-0.05, 0) is 13.8 Å². The normalized spacial score (nSPS) is 12.2. The summed E-state index contributed by atoms with van der Waals surface area (Å²) >= 11 is 0. The van der Waals surface area contributed by atoms with E-state index in [2.05, 4.69) is 11.6 Å². The van der Waals surface area contributed by atoms with E-state index in [-0.39, 0.29) is 11.7 Å². The Labute approximate surface area is 101 Å². The van der Waals surface area contributed by atoms with Gasteiger partial charge in [-0.25, -0.2) is 9.78 Å². The minimum absolute atomic E-state index is 0.000580. The van der Waals surface area contributed by atoms with Crippen LogP contribution in [-0.4, -0.2) is 22.1 Å². The van der Waals surface area contributed by atoms with Gasteiger partial charge in [-0.2, -0.15) is 0 Å². The highest BCUT2D eigenvalue weighted by Gasteiger charge is 2.22. The molecule has 94 valence electrons. The van der Waals surface area contributed by atoms with E-state index in [1.54, 1.807) is 17.6 Å². The summed E-state index contributed by atoms with van der Waals surface area (Å²) in [5.74, 6) is 0.625. The minimum atomic E-state index is -0.477. The van der Waals surface area contributed by atoms with Crippen LogP contribution in [0.1, 0.15) is 43.1 Å². The highest BCUT2D eigenvalue weighted by atomic mass is 16.5. The zero-order valence-electron chi connectivity index (χ0n) is 10.6. The van der Waals surface area contributed by atoms with Crippen molar-refractivity contribution in [2.45, 2.75) is 33.2 Å². The van der Waals surface area contributed by atoms with Gasteiger partial charge >= 0.3 is 5.97 Å². The molecule has 1 atom stereocenters. The third-order valence-electron chi connectivity index (χ3n) is 2.55. The second-order valence-corrected chi connectivity index (χ2v) is 3.68. The molecular weight excluding hydrogens is 218 g/mol. The Morgan fingerprint density at radius 1 is 1.65 bits per heavy atom. The van der Waals surface area contributed by atoms with E-state index in [0.29, 0.717) is 18.8 Å². The van der Waals surface area contributed by atoms with Gasteiger partial charge in [0.15, 0.2) is 5.69 Å². The van der Waals surface area contributed by atoms with Gasteiger partial charge < -0.3 is 15.0 Å². The summed E-state index contributed by atoms with van der Waals surface area (Å²) in [4.78, 5) is 15.9. The summed E-state index contributed by atoms with van der Waals surface area (Å²) in [7, 11) is 0. The Morgan fingerprint density at radius 2 is 2.29 bits per heavy atom. The molecule has 0 fully saturated rings. The van der Waals surface area contributed by atoms with Gasteiger partial charge in [0.2, 0.25) is 0 Å². The van der Waals surface area contributed by atoms with E-state index in [9.17, 15) is 4.79 Å². The Hall–Kier alpha value is -1.78. The largest absolute Gasteiger partial charge is 0.461 e. The Morgan fingerprint density at radius 3 is 2.76 bits per heavy atom. The van der Waals surface area contributed by atoms with Crippen molar-refractivity contribution >= 4 is 11.8 Å². The molecule has 0 aromatic carbocycles. The highest BCUT2D eigenvalue weighted by molar-refractivity contribution is 5.92. The first-order chi connectivity index (χ1) is 8.06. The summed E-state index contributed by atoms with van der Waals surface area (Å²) in [6.45, 7) is 9.69. The van der Waals surface area contributed by atoms with E-state index in [1.165, 1.54) is 0 Å². The molecule has 0 aliphatic carbocycles. The number of nitrogen functional groups attached to an aromatic ring is 1. The summed E-state index contributed by atoms with van der Waals surface area (Å²) in [6.07, 6.45) is 2.45. The van der Waals surface area contributed by atoms with Crippen molar-refractivity contribution in [3.8, 4) is 0 Å². The van der Waals surface area contributed by atoms with Crippen LogP contribution in [0.15, 0.2) is 12.7 Å². The molecule has 1 aromatic rings. The van der Waals surface area contributed by atoms with Crippen molar-refractivity contribution < 1.29 is 9.53 Å². The van der Waals surface area contributed by atoms with E-state index >= 15 is 0 Å². The zero-order valence-corrected chi connectivity index (χ0v) is 10.6. The number of aryl methyl sites for hydroxylation is 1. The van der Waals surface area contributed by atoms with Crippen LogP contribution >= 0.6 is 0 Å². The van der Waals surface area contributed by atoms with Crippen LogP contribution in [0, 0.1) is 0 Å². The van der Waals surface area contributed by atoms with Gasteiger partial charge in [-0.3, -0.25) is 0 Å². The number of hydrogen-bond acceptors (Lipinski definition) is 4. The third-order valence-corrected chi connectivity index (χ3v) is 2.55. The Bertz CT molecular complexity index is 424. The topological polar surface area (TPSA) is 70.1 Å². The molecular formula is C12H19N3O2. The number of nitrogens with zero attached hydrogens (tertiary/aromatic N) is 2. The van der Waals surface area contributed by atoms with Crippen LogP contribution in [0.4, 0.5) is 5.82 Å². The zero-order chi connectivity index (χ0) is 13.0. The number of carbonyl (C=O) groups is 1. The highest BCUT2D eigenvalue weighted by Crippen LogP contribution is 2.22. The molecule has 1 unspecified atom stereocenters. The predicted molar refractivity (Wildman–Crippen MR) is 66.9 cm³/mol. The van der Waals surface area contributed by atoms with Crippen LogP contribution in [0.25, 0.3) is 0 Å². The van der Waals surface area contributed by atoms with Gasteiger partial charge in [-0.15, -0.1) is 6.58 Å². The fraction of sp³-hybridized carbons (Fsp3) is 0.500. The number of rotatable bonds is 5. The molecule has 1 aromatic heterocycles. The molecule has 0 saturated carbocycles. The van der Waals surface area contributed by atoms with E-state index < -0.39 is 5.97 Å². The van der Waals surface area contributed by atoms with Gasteiger partial charge in [0.05, 0.1) is 12.6 Å². The van der Waals surface area contributed by atoms with Crippen LogP contribution < -0.4 is 5.73 Å². The maximum absolute atomic E-state index is 11.7. The number of aromatic nitrogens is 2. The molecule has 2 N–H and O–H groups in total. The number of allylic oxidation sites excluding steroid dienone is 1. The van der Waals surface area contributed by atoms with Crippen LogP contribution in [0.3, 0.4) is 0 Å². The quantitative estimate of drug-likeness (QED) is 0.627. The molecule has 0 aliphatic heterocycles. The Kier molecular flexibility index (Phi) is 4.31. The lowest BCUT2D eigenvalue weighted by molar-refractivity contribution is 0.0521. The summed E-state index contributed by atoms with van der Waals surface area (Å²) in [6, 6.07) is 0.000580. The van der Waals surface area contributed by atoms with Gasteiger partial charge in [0.1, 0.15) is 11.6 Å². The van der Waals surface area contributed by atoms with Crippen LogP contribution in [0.2, 0.25) is 0 Å². The molecule has 1 rings (SSSR count). The third kappa shape index (κ3) is 2.49. The average molecular weight is 237 g/mol. The summed E-state index contributed by atoms with van der Waals surface area (Å²) in [5.41, 5.74) is 6.13. The lowest BCUT2D eigenvalue weighted by Gasteiger charge is -2.13. The molecule has 5 nitrogen and oxygen atoms in total. The molecule has 0 bridgehead atoms. The number of carbonyl (C=O) groups excluding carboxylic acids is 1. The molecule has 17 heavy (non-hydrogen) atoms. The first-order valence-corrected chi connectivity index (χ1v) is 5.72. The maximum Gasteiger partial charge on any atom is 0.360 e. The van der Waals surface area contributed by atoms with E-state index in [0.717, 1.165) is 5.82 Å². The van der Waals surface area contributed by atoms with E-state index in [4.69, 9.17) is 10.5 Å². The van der Waals surface area contributed by atoms with Crippen molar-refractivity contribution in [2.75, 3.05) is 12.3 Å². The SMILES string of the molecule is C=CC(C)n1c(CC)nc(C(=O)OCC)c1N. The van der Waals surface area contributed by atoms with Crippen molar-refractivity contribution in [1.29, 1.82) is 0 Å². The van der Waals surface area contributed by atoms with Crippen molar-refractivity contribution in [3.63, 3.8) is 0 Å². The van der Waals surface area contributed by atoms with Crippen molar-refractivity contribution in [3.05, 3.63) is 24.2 Å². The number of ether oxygens (including phenoxy) is 1. The second-order valence-electron chi connectivity index (χ2n) is 3.68. The van der Waals surface area contributed by atoms with Crippen LogP contribution in [-0.2, 0) is 11.2 Å². The molecule has 0 aliphatic rings. The standard InChI is InChI=1S/C12H19N3O2/c1-5-8(4)15-9(6-2)14-10(11(15)13)12(16)17-7-3/h5,8H,1,6-7,13H2,2-4H3. The second kappa shape index (κ2) is 5.52. The van der Waals surface area contributed by atoms with E-state index in [1.807, 2.05) is 13.8 Å². The first-order valence-electron chi connectivity index (χ1n) is 5.72. The smallest absolute Gasteiger partial charge is 0.360 e. The van der Waals surface area contributed by atoms with Crippen molar-refractivity contribution in [2.24, 2.45) is 0 Å². The van der Waals surface area contributed by atoms with Crippen LogP contribution in [0.5, 0.6) is 0 Å². The summed E-state index contributed by atoms with van der Waals surface area (Å²) in [5, 5.41) is 0. The molecule has 1 heterocycles. The van der Waals surface area contributed by atoms with Crippen molar-refractivity contribution in [1.82, 2.24) is 9.55 Å². The number of imidazole rings is 1. The van der Waals surface area contributed by atoms with Gasteiger partial charge in [0.25, 0.3) is 0 Å². The molecule has 0 radical (unpaired) electrons. The van der Waals surface area contributed by atoms with Gasteiger partial charge in [0, 0.05) is 6.42 Å². The molecule has 5 heteroatoms. The minimum Gasteiger partial charge on any atom is -0.461 e. The average Bonchev–Trinajstić information content (AvgIpc) is 2.65. The lowest BCUT2D eigenvalue weighted by atomic mass is 10.3. The molecule has 0 saturated heterocycles.